The Morgan fingerprint density at radius 2 is 1.50 bits per heavy atom. The molecular weight excluding hydrogens is 376 g/mol. The number of hydrogen-bond acceptors (Lipinski definition) is 3. The number of nitrogens with one attached hydrogen (secondary N) is 1. The van der Waals surface area contributed by atoms with Crippen LogP contribution >= 0.6 is 0 Å². The van der Waals surface area contributed by atoms with Crippen LogP contribution in [0, 0.1) is 0 Å². The topological polar surface area (TPSA) is 58.6 Å². The Bertz CT molecular complexity index is 981. The van der Waals surface area contributed by atoms with Gasteiger partial charge in [0.15, 0.2) is 6.61 Å². The molecule has 5 nitrogen and oxygen atoms in total. The molecule has 1 heterocycles. The number of benzene rings is 3. The Morgan fingerprint density at radius 1 is 0.933 bits per heavy atom. The SMILES string of the molecule is CC(NC(=O)CN1C(=O)COc2ccccc21)C(c1ccccc1)c1ccccc1. The van der Waals surface area contributed by atoms with Crippen molar-refractivity contribution in [3.63, 3.8) is 0 Å². The minimum atomic E-state index is -0.223. The third kappa shape index (κ3) is 4.20. The minimum absolute atomic E-state index is 0.00373. The normalized spacial score (nSPS) is 14.1. The Hall–Kier alpha value is -3.60. The van der Waals surface area contributed by atoms with Gasteiger partial charge in [-0.15, -0.1) is 0 Å². The van der Waals surface area contributed by atoms with Crippen LogP contribution in [0.1, 0.15) is 24.0 Å². The summed E-state index contributed by atoms with van der Waals surface area (Å²) in [7, 11) is 0. The number of carbonyl (C=O) groups excluding carboxylic acids is 2. The lowest BCUT2D eigenvalue weighted by Crippen LogP contribution is -2.47. The number of nitrogens with zero attached hydrogens (tertiary/aromatic N) is 1. The fourth-order valence-electron chi connectivity index (χ4n) is 3.94. The molecule has 152 valence electrons. The first kappa shape index (κ1) is 19.7. The largest absolute Gasteiger partial charge is 0.482 e. The lowest BCUT2D eigenvalue weighted by atomic mass is 9.86. The number of carbonyl (C=O) groups is 2. The summed E-state index contributed by atoms with van der Waals surface area (Å²) in [4.78, 5) is 26.8. The molecule has 3 aromatic rings. The van der Waals surface area contributed by atoms with E-state index in [1.165, 1.54) is 4.90 Å². The van der Waals surface area contributed by atoms with Gasteiger partial charge in [-0.05, 0) is 30.2 Å². The Balaban J connectivity index is 1.52. The Kier molecular flexibility index (Phi) is 5.80. The maximum atomic E-state index is 12.9. The van der Waals surface area contributed by atoms with E-state index in [0.29, 0.717) is 11.4 Å². The van der Waals surface area contributed by atoms with E-state index in [1.54, 1.807) is 12.1 Å². The molecule has 5 heteroatoms. The highest BCUT2D eigenvalue weighted by Crippen LogP contribution is 2.31. The van der Waals surface area contributed by atoms with Gasteiger partial charge in [0.2, 0.25) is 5.91 Å². The second kappa shape index (κ2) is 8.82. The Morgan fingerprint density at radius 3 is 2.13 bits per heavy atom. The molecule has 1 atom stereocenters. The summed E-state index contributed by atoms with van der Waals surface area (Å²) in [5, 5.41) is 3.10. The summed E-state index contributed by atoms with van der Waals surface area (Å²) < 4.78 is 5.46. The molecule has 0 radical (unpaired) electrons. The van der Waals surface area contributed by atoms with Gasteiger partial charge in [0, 0.05) is 12.0 Å². The van der Waals surface area contributed by atoms with Crippen LogP contribution in [0.4, 0.5) is 5.69 Å². The fraction of sp³-hybridized carbons (Fsp3) is 0.200. The molecule has 4 rings (SSSR count). The second-order valence-corrected chi connectivity index (χ2v) is 7.39. The number of hydrogen-bond donors (Lipinski definition) is 1. The van der Waals surface area contributed by atoms with E-state index in [9.17, 15) is 9.59 Å². The standard InChI is InChI=1S/C25H24N2O3/c1-18(25(19-10-4-2-5-11-19)20-12-6-3-7-13-20)26-23(28)16-27-21-14-8-9-15-22(21)30-17-24(27)29/h2-15,18,25H,16-17H2,1H3,(H,26,28). The minimum Gasteiger partial charge on any atom is -0.482 e. The second-order valence-electron chi connectivity index (χ2n) is 7.39. The summed E-state index contributed by atoms with van der Waals surface area (Å²) in [6.45, 7) is 1.90. The summed E-state index contributed by atoms with van der Waals surface area (Å²) in [5.41, 5.74) is 2.88. The van der Waals surface area contributed by atoms with E-state index in [4.69, 9.17) is 4.74 Å². The molecule has 30 heavy (non-hydrogen) atoms. The number of fused-ring (bicyclic) bond motifs is 1. The molecule has 0 fully saturated rings. The quantitative estimate of drug-likeness (QED) is 0.686. The van der Waals surface area contributed by atoms with E-state index in [2.05, 4.69) is 29.6 Å². The van der Waals surface area contributed by atoms with E-state index < -0.39 is 0 Å². The number of amides is 2. The molecular formula is C25H24N2O3. The molecule has 0 saturated carbocycles. The number of anilines is 1. The molecule has 0 spiro atoms. The van der Waals surface area contributed by atoms with Gasteiger partial charge >= 0.3 is 0 Å². The van der Waals surface area contributed by atoms with E-state index >= 15 is 0 Å². The predicted octanol–water partition coefficient (Wildman–Crippen LogP) is 3.75. The molecule has 0 aromatic heterocycles. The van der Waals surface area contributed by atoms with Gasteiger partial charge in [-0.3, -0.25) is 14.5 Å². The van der Waals surface area contributed by atoms with Crippen LogP contribution in [-0.2, 0) is 9.59 Å². The van der Waals surface area contributed by atoms with Crippen molar-refractivity contribution >= 4 is 17.5 Å². The van der Waals surface area contributed by atoms with Crippen molar-refractivity contribution in [3.05, 3.63) is 96.1 Å². The maximum absolute atomic E-state index is 12.9. The van der Waals surface area contributed by atoms with Crippen LogP contribution in [0.15, 0.2) is 84.9 Å². The summed E-state index contributed by atoms with van der Waals surface area (Å²) in [6.07, 6.45) is 0. The zero-order chi connectivity index (χ0) is 20.9. The molecule has 1 unspecified atom stereocenters. The van der Waals surface area contributed by atoms with Crippen LogP contribution in [0.2, 0.25) is 0 Å². The van der Waals surface area contributed by atoms with Gasteiger partial charge in [-0.1, -0.05) is 72.8 Å². The van der Waals surface area contributed by atoms with E-state index in [1.807, 2.05) is 55.5 Å². The van der Waals surface area contributed by atoms with Crippen molar-refractivity contribution in [2.45, 2.75) is 18.9 Å². The van der Waals surface area contributed by atoms with Crippen LogP contribution in [0.5, 0.6) is 5.75 Å². The summed E-state index contributed by atoms with van der Waals surface area (Å²) >= 11 is 0. The average Bonchev–Trinajstić information content (AvgIpc) is 2.77. The van der Waals surface area contributed by atoms with Crippen LogP contribution in [0.3, 0.4) is 0 Å². The van der Waals surface area contributed by atoms with Crippen molar-refractivity contribution < 1.29 is 14.3 Å². The number of ether oxygens (including phenoxy) is 1. The van der Waals surface area contributed by atoms with Gasteiger partial charge in [0.25, 0.3) is 5.91 Å². The van der Waals surface area contributed by atoms with Crippen LogP contribution in [0.25, 0.3) is 0 Å². The fourth-order valence-corrected chi connectivity index (χ4v) is 3.94. The first-order valence-electron chi connectivity index (χ1n) is 10.0. The van der Waals surface area contributed by atoms with Gasteiger partial charge < -0.3 is 10.1 Å². The molecule has 0 saturated heterocycles. The molecule has 3 aromatic carbocycles. The number of rotatable bonds is 6. The van der Waals surface area contributed by atoms with Crippen LogP contribution in [-0.4, -0.2) is 31.0 Å². The Labute approximate surface area is 176 Å². The lowest BCUT2D eigenvalue weighted by molar-refractivity contribution is -0.125. The zero-order valence-corrected chi connectivity index (χ0v) is 16.8. The third-order valence-corrected chi connectivity index (χ3v) is 5.32. The molecule has 0 aliphatic carbocycles. The monoisotopic (exact) mass is 400 g/mol. The van der Waals surface area contributed by atoms with Crippen molar-refractivity contribution in [2.24, 2.45) is 0 Å². The highest BCUT2D eigenvalue weighted by atomic mass is 16.5. The average molecular weight is 400 g/mol. The highest BCUT2D eigenvalue weighted by Gasteiger charge is 2.29. The molecule has 1 aliphatic heterocycles. The first-order valence-corrected chi connectivity index (χ1v) is 10.0. The van der Waals surface area contributed by atoms with Crippen LogP contribution < -0.4 is 15.0 Å². The lowest BCUT2D eigenvalue weighted by Gasteiger charge is -2.30. The van der Waals surface area contributed by atoms with Crippen molar-refractivity contribution in [2.75, 3.05) is 18.1 Å². The van der Waals surface area contributed by atoms with Crippen molar-refractivity contribution in [1.82, 2.24) is 5.32 Å². The number of para-hydroxylation sites is 2. The first-order chi connectivity index (χ1) is 14.6. The summed E-state index contributed by atoms with van der Waals surface area (Å²) in [5.74, 6) is 0.192. The van der Waals surface area contributed by atoms with Crippen molar-refractivity contribution in [1.29, 1.82) is 0 Å². The van der Waals surface area contributed by atoms with Gasteiger partial charge in [-0.2, -0.15) is 0 Å². The zero-order valence-electron chi connectivity index (χ0n) is 16.8. The van der Waals surface area contributed by atoms with Crippen molar-refractivity contribution in [3.8, 4) is 5.75 Å². The van der Waals surface area contributed by atoms with Gasteiger partial charge in [0.1, 0.15) is 12.3 Å². The van der Waals surface area contributed by atoms with Gasteiger partial charge in [0.05, 0.1) is 5.69 Å². The smallest absolute Gasteiger partial charge is 0.265 e. The predicted molar refractivity (Wildman–Crippen MR) is 117 cm³/mol. The van der Waals surface area contributed by atoms with E-state index in [0.717, 1.165) is 11.1 Å². The molecule has 1 N–H and O–H groups in total. The van der Waals surface area contributed by atoms with E-state index in [-0.39, 0.29) is 36.9 Å². The highest BCUT2D eigenvalue weighted by molar-refractivity contribution is 6.02. The third-order valence-electron chi connectivity index (χ3n) is 5.32. The summed E-state index contributed by atoms with van der Waals surface area (Å²) in [6, 6.07) is 27.4. The molecule has 1 aliphatic rings. The molecule has 2 amide bonds. The maximum Gasteiger partial charge on any atom is 0.265 e. The molecule has 0 bridgehead atoms. The van der Waals surface area contributed by atoms with Gasteiger partial charge in [-0.25, -0.2) is 0 Å².